The Labute approximate surface area is 133 Å². The van der Waals surface area contributed by atoms with Gasteiger partial charge in [-0.05, 0) is 30.9 Å². The minimum atomic E-state index is 0.0379. The van der Waals surface area contributed by atoms with Gasteiger partial charge in [0.1, 0.15) is 0 Å². The fourth-order valence-electron chi connectivity index (χ4n) is 1.86. The van der Waals surface area contributed by atoms with E-state index in [0.717, 1.165) is 27.4 Å². The van der Waals surface area contributed by atoms with Crippen molar-refractivity contribution in [3.05, 3.63) is 24.3 Å². The van der Waals surface area contributed by atoms with Crippen LogP contribution in [0.25, 0.3) is 10.2 Å². The maximum atomic E-state index is 11.7. The molecule has 1 aromatic heterocycles. The van der Waals surface area contributed by atoms with Gasteiger partial charge < -0.3 is 10.4 Å². The molecule has 0 spiro atoms. The summed E-state index contributed by atoms with van der Waals surface area (Å²) in [5.74, 6) is 0.741. The van der Waals surface area contributed by atoms with Gasteiger partial charge in [0, 0.05) is 13.2 Å². The second kappa shape index (κ2) is 8.36. The van der Waals surface area contributed by atoms with Crippen LogP contribution in [0.2, 0.25) is 0 Å². The average Bonchev–Trinajstić information content (AvgIpc) is 2.92. The van der Waals surface area contributed by atoms with Crippen LogP contribution in [0.15, 0.2) is 28.6 Å². The minimum absolute atomic E-state index is 0.0379. The van der Waals surface area contributed by atoms with Gasteiger partial charge in [-0.3, -0.25) is 4.79 Å². The molecule has 0 aliphatic rings. The van der Waals surface area contributed by atoms with E-state index in [2.05, 4.69) is 10.3 Å². The van der Waals surface area contributed by atoms with Crippen LogP contribution in [0.4, 0.5) is 0 Å². The quantitative estimate of drug-likeness (QED) is 0.579. The van der Waals surface area contributed by atoms with Crippen molar-refractivity contribution in [3.8, 4) is 0 Å². The summed E-state index contributed by atoms with van der Waals surface area (Å²) in [6.07, 6.45) is 1.83. The zero-order valence-corrected chi connectivity index (χ0v) is 13.7. The predicted molar refractivity (Wildman–Crippen MR) is 88.8 cm³/mol. The number of nitrogens with one attached hydrogen (secondary N) is 1. The van der Waals surface area contributed by atoms with Gasteiger partial charge in [0.05, 0.1) is 16.0 Å². The summed E-state index contributed by atoms with van der Waals surface area (Å²) in [6, 6.07) is 7.99. The Morgan fingerprint density at radius 2 is 2.29 bits per heavy atom. The molecule has 1 unspecified atom stereocenters. The second-order valence-electron chi connectivity index (χ2n) is 5.02. The molecule has 1 atom stereocenters. The molecule has 4 nitrogen and oxygen atoms in total. The van der Waals surface area contributed by atoms with Crippen LogP contribution in [0, 0.1) is 5.92 Å². The number of rotatable bonds is 8. The second-order valence-corrected chi connectivity index (χ2v) is 7.27. The molecule has 1 amide bonds. The van der Waals surface area contributed by atoms with Crippen LogP contribution < -0.4 is 5.32 Å². The lowest BCUT2D eigenvalue weighted by molar-refractivity contribution is -0.118. The first-order valence-corrected chi connectivity index (χ1v) is 8.85. The van der Waals surface area contributed by atoms with E-state index in [9.17, 15) is 4.79 Å². The maximum absolute atomic E-state index is 11.7. The Hall–Kier alpha value is -1.11. The number of hydrogen-bond donors (Lipinski definition) is 2. The van der Waals surface area contributed by atoms with Crippen molar-refractivity contribution >= 4 is 39.2 Å². The van der Waals surface area contributed by atoms with Crippen LogP contribution in [-0.4, -0.2) is 34.9 Å². The SMILES string of the molecule is CC(CO)CCCNC(=O)CSc1nc2ccccc2s1. The number of carbonyl (C=O) groups excluding carboxylic acids is 1. The third-order valence-corrected chi connectivity index (χ3v) is 5.29. The van der Waals surface area contributed by atoms with E-state index in [4.69, 9.17) is 5.11 Å². The smallest absolute Gasteiger partial charge is 0.230 e. The first-order valence-electron chi connectivity index (χ1n) is 7.05. The average molecular weight is 324 g/mol. The lowest BCUT2D eigenvalue weighted by Crippen LogP contribution is -2.26. The Kier molecular flexibility index (Phi) is 6.48. The summed E-state index contributed by atoms with van der Waals surface area (Å²) < 4.78 is 2.08. The number of thiazole rings is 1. The van der Waals surface area contributed by atoms with Crippen LogP contribution >= 0.6 is 23.1 Å². The molecule has 0 saturated heterocycles. The molecular weight excluding hydrogens is 304 g/mol. The highest BCUT2D eigenvalue weighted by molar-refractivity contribution is 8.01. The van der Waals surface area contributed by atoms with E-state index in [1.807, 2.05) is 31.2 Å². The van der Waals surface area contributed by atoms with Crippen molar-refractivity contribution in [3.63, 3.8) is 0 Å². The van der Waals surface area contributed by atoms with Crippen molar-refractivity contribution in [1.82, 2.24) is 10.3 Å². The van der Waals surface area contributed by atoms with Crippen LogP contribution in [0.1, 0.15) is 19.8 Å². The summed E-state index contributed by atoms with van der Waals surface area (Å²) in [6.45, 7) is 2.88. The topological polar surface area (TPSA) is 62.2 Å². The number of aliphatic hydroxyl groups excluding tert-OH is 1. The zero-order chi connectivity index (χ0) is 15.1. The van der Waals surface area contributed by atoms with Crippen molar-refractivity contribution in [2.24, 2.45) is 5.92 Å². The van der Waals surface area contributed by atoms with Crippen molar-refractivity contribution in [2.45, 2.75) is 24.1 Å². The van der Waals surface area contributed by atoms with E-state index < -0.39 is 0 Å². The number of hydrogen-bond acceptors (Lipinski definition) is 5. The van der Waals surface area contributed by atoms with E-state index >= 15 is 0 Å². The number of aromatic nitrogens is 1. The molecule has 1 aromatic carbocycles. The number of thioether (sulfide) groups is 1. The molecule has 6 heteroatoms. The van der Waals surface area contributed by atoms with Gasteiger partial charge in [-0.15, -0.1) is 11.3 Å². The fourth-order valence-corrected chi connectivity index (χ4v) is 3.76. The van der Waals surface area contributed by atoms with Crippen LogP contribution in [0.3, 0.4) is 0 Å². The molecule has 0 aliphatic carbocycles. The monoisotopic (exact) mass is 324 g/mol. The first kappa shape index (κ1) is 16.3. The van der Waals surface area contributed by atoms with Gasteiger partial charge in [-0.25, -0.2) is 4.98 Å². The summed E-state index contributed by atoms with van der Waals surface area (Å²) in [5.41, 5.74) is 0.989. The summed E-state index contributed by atoms with van der Waals surface area (Å²) in [4.78, 5) is 16.2. The summed E-state index contributed by atoms with van der Waals surface area (Å²) >= 11 is 3.10. The largest absolute Gasteiger partial charge is 0.396 e. The lowest BCUT2D eigenvalue weighted by atomic mass is 10.1. The van der Waals surface area contributed by atoms with E-state index in [-0.39, 0.29) is 12.5 Å². The number of carbonyl (C=O) groups is 1. The zero-order valence-electron chi connectivity index (χ0n) is 12.0. The van der Waals surface area contributed by atoms with Crippen LogP contribution in [-0.2, 0) is 4.79 Å². The predicted octanol–water partition coefficient (Wildman–Crippen LogP) is 2.91. The number of nitrogens with zero attached hydrogens (tertiary/aromatic N) is 1. The highest BCUT2D eigenvalue weighted by atomic mass is 32.2. The molecule has 0 bridgehead atoms. The summed E-state index contributed by atoms with van der Waals surface area (Å²) in [7, 11) is 0. The van der Waals surface area contributed by atoms with Crippen molar-refractivity contribution in [1.29, 1.82) is 0 Å². The van der Waals surface area contributed by atoms with Gasteiger partial charge >= 0.3 is 0 Å². The number of benzene rings is 1. The Balaban J connectivity index is 1.69. The third kappa shape index (κ3) is 5.30. The van der Waals surface area contributed by atoms with Crippen LogP contribution in [0.5, 0.6) is 0 Å². The molecule has 21 heavy (non-hydrogen) atoms. The number of aliphatic hydroxyl groups is 1. The minimum Gasteiger partial charge on any atom is -0.396 e. The van der Waals surface area contributed by atoms with Gasteiger partial charge in [0.2, 0.25) is 5.91 Å². The van der Waals surface area contributed by atoms with E-state index in [1.54, 1.807) is 11.3 Å². The number of para-hydroxylation sites is 1. The highest BCUT2D eigenvalue weighted by Crippen LogP contribution is 2.28. The van der Waals surface area contributed by atoms with Crippen molar-refractivity contribution in [2.75, 3.05) is 18.9 Å². The molecular formula is C15H20N2O2S2. The van der Waals surface area contributed by atoms with Crippen molar-refractivity contribution < 1.29 is 9.90 Å². The fraction of sp³-hybridized carbons (Fsp3) is 0.467. The molecule has 0 fully saturated rings. The Bertz CT molecular complexity index is 553. The molecule has 2 aromatic rings. The molecule has 0 radical (unpaired) electrons. The molecule has 114 valence electrons. The first-order chi connectivity index (χ1) is 10.2. The lowest BCUT2D eigenvalue weighted by Gasteiger charge is -2.08. The molecule has 0 saturated carbocycles. The van der Waals surface area contributed by atoms with E-state index in [0.29, 0.717) is 18.2 Å². The maximum Gasteiger partial charge on any atom is 0.230 e. The molecule has 0 aliphatic heterocycles. The van der Waals surface area contributed by atoms with Gasteiger partial charge in [-0.2, -0.15) is 0 Å². The number of amides is 1. The van der Waals surface area contributed by atoms with Gasteiger partial charge in [-0.1, -0.05) is 30.8 Å². The highest BCUT2D eigenvalue weighted by Gasteiger charge is 2.07. The van der Waals surface area contributed by atoms with E-state index in [1.165, 1.54) is 11.8 Å². The molecule has 2 rings (SSSR count). The standard InChI is InChI=1S/C15H20N2O2S2/c1-11(9-18)5-4-8-16-14(19)10-20-15-17-12-6-2-3-7-13(12)21-15/h2-3,6-7,11,18H,4-5,8-10H2,1H3,(H,16,19). The molecule has 2 N–H and O–H groups in total. The van der Waals surface area contributed by atoms with Gasteiger partial charge in [0.15, 0.2) is 4.34 Å². The Morgan fingerprint density at radius 1 is 1.48 bits per heavy atom. The summed E-state index contributed by atoms with van der Waals surface area (Å²) in [5, 5.41) is 11.8. The normalized spacial score (nSPS) is 12.5. The third-order valence-electron chi connectivity index (χ3n) is 3.11. The number of fused-ring (bicyclic) bond motifs is 1. The van der Waals surface area contributed by atoms with Gasteiger partial charge in [0.25, 0.3) is 0 Å². The Morgan fingerprint density at radius 3 is 3.05 bits per heavy atom. The molecule has 1 heterocycles.